The molecule has 156 valence electrons. The van der Waals surface area contributed by atoms with Crippen molar-refractivity contribution in [3.05, 3.63) is 12.7 Å². The number of fused-ring (bicyclic) bond motifs is 1. The van der Waals surface area contributed by atoms with E-state index in [2.05, 4.69) is 28.8 Å². The van der Waals surface area contributed by atoms with Crippen LogP contribution in [0.3, 0.4) is 0 Å². The summed E-state index contributed by atoms with van der Waals surface area (Å²) in [6.07, 6.45) is 8.97. The SMILES string of the molecule is CCCCCC(O)[C@H]1O[C@@H](n2cnc3c(N)ncnc32)C[C@@]1(O)CCCCC. The average molecular weight is 392 g/mol. The minimum Gasteiger partial charge on any atom is -0.390 e. The molecule has 1 unspecified atom stereocenters. The van der Waals surface area contributed by atoms with Crippen LogP contribution in [0.15, 0.2) is 12.7 Å². The van der Waals surface area contributed by atoms with Crippen LogP contribution < -0.4 is 5.73 Å². The molecule has 8 heteroatoms. The Morgan fingerprint density at radius 2 is 1.96 bits per heavy atom. The molecule has 0 saturated carbocycles. The number of unbranched alkanes of at least 4 members (excludes halogenated alkanes) is 4. The van der Waals surface area contributed by atoms with E-state index in [4.69, 9.17) is 10.5 Å². The molecule has 0 bridgehead atoms. The number of hydrogen-bond acceptors (Lipinski definition) is 7. The fraction of sp³-hybridized carbons (Fsp3) is 0.750. The minimum absolute atomic E-state index is 0.316. The van der Waals surface area contributed by atoms with Crippen LogP contribution in [0, 0.1) is 0 Å². The van der Waals surface area contributed by atoms with Crippen molar-refractivity contribution in [1.82, 2.24) is 19.5 Å². The van der Waals surface area contributed by atoms with Gasteiger partial charge in [0.2, 0.25) is 0 Å². The number of hydrogen-bond donors (Lipinski definition) is 3. The highest BCUT2D eigenvalue weighted by molar-refractivity contribution is 5.81. The third kappa shape index (κ3) is 4.29. The summed E-state index contributed by atoms with van der Waals surface area (Å²) in [6.45, 7) is 4.27. The van der Waals surface area contributed by atoms with Crippen LogP contribution in [0.4, 0.5) is 5.82 Å². The number of imidazole rings is 1. The lowest BCUT2D eigenvalue weighted by Crippen LogP contribution is -2.45. The van der Waals surface area contributed by atoms with E-state index in [0.29, 0.717) is 36.2 Å². The van der Waals surface area contributed by atoms with Crippen molar-refractivity contribution in [2.24, 2.45) is 0 Å². The Bertz CT molecular complexity index is 767. The number of aliphatic hydroxyl groups excluding tert-OH is 1. The molecule has 2 aromatic heterocycles. The van der Waals surface area contributed by atoms with E-state index >= 15 is 0 Å². The van der Waals surface area contributed by atoms with Gasteiger partial charge in [0.15, 0.2) is 11.5 Å². The maximum absolute atomic E-state index is 11.4. The molecule has 28 heavy (non-hydrogen) atoms. The first-order chi connectivity index (χ1) is 13.5. The van der Waals surface area contributed by atoms with Gasteiger partial charge in [-0.3, -0.25) is 4.57 Å². The number of anilines is 1. The molecule has 0 aliphatic carbocycles. The summed E-state index contributed by atoms with van der Waals surface area (Å²) in [4.78, 5) is 12.6. The van der Waals surface area contributed by atoms with Gasteiger partial charge in [0.1, 0.15) is 24.2 Å². The van der Waals surface area contributed by atoms with E-state index in [-0.39, 0.29) is 0 Å². The molecule has 3 heterocycles. The Kier molecular flexibility index (Phi) is 6.85. The zero-order valence-electron chi connectivity index (χ0n) is 16.9. The Morgan fingerprint density at radius 1 is 1.21 bits per heavy atom. The van der Waals surface area contributed by atoms with Gasteiger partial charge in [-0.2, -0.15) is 0 Å². The topological polar surface area (TPSA) is 119 Å². The lowest BCUT2D eigenvalue weighted by Gasteiger charge is -2.31. The first-order valence-electron chi connectivity index (χ1n) is 10.5. The van der Waals surface area contributed by atoms with E-state index in [9.17, 15) is 10.2 Å². The van der Waals surface area contributed by atoms with Gasteiger partial charge in [-0.05, 0) is 12.8 Å². The lowest BCUT2D eigenvalue weighted by molar-refractivity contribution is -0.120. The molecule has 0 aromatic carbocycles. The van der Waals surface area contributed by atoms with Crippen molar-refractivity contribution in [2.75, 3.05) is 5.73 Å². The number of nitrogen functional groups attached to an aromatic ring is 1. The van der Waals surface area contributed by atoms with Gasteiger partial charge in [-0.1, -0.05) is 52.4 Å². The molecule has 2 aromatic rings. The van der Waals surface area contributed by atoms with Crippen LogP contribution in [-0.2, 0) is 4.74 Å². The van der Waals surface area contributed by atoms with E-state index in [1.807, 2.05) is 0 Å². The maximum Gasteiger partial charge on any atom is 0.167 e. The van der Waals surface area contributed by atoms with Gasteiger partial charge in [-0.25, -0.2) is 15.0 Å². The van der Waals surface area contributed by atoms with Gasteiger partial charge in [-0.15, -0.1) is 0 Å². The highest BCUT2D eigenvalue weighted by Gasteiger charge is 2.50. The Hall–Kier alpha value is -1.77. The summed E-state index contributed by atoms with van der Waals surface area (Å²) < 4.78 is 8.00. The second-order valence-electron chi connectivity index (χ2n) is 7.92. The summed E-state index contributed by atoms with van der Waals surface area (Å²) >= 11 is 0. The van der Waals surface area contributed by atoms with Crippen LogP contribution in [0.5, 0.6) is 0 Å². The first-order valence-corrected chi connectivity index (χ1v) is 10.5. The van der Waals surface area contributed by atoms with Gasteiger partial charge in [0.25, 0.3) is 0 Å². The Morgan fingerprint density at radius 3 is 2.71 bits per heavy atom. The zero-order chi connectivity index (χ0) is 20.1. The number of aromatic nitrogens is 4. The number of rotatable bonds is 10. The largest absolute Gasteiger partial charge is 0.390 e. The second-order valence-corrected chi connectivity index (χ2v) is 7.92. The van der Waals surface area contributed by atoms with Crippen LogP contribution in [0.1, 0.15) is 77.9 Å². The first kappa shape index (κ1) is 21.0. The molecule has 4 atom stereocenters. The molecule has 4 N–H and O–H groups in total. The van der Waals surface area contributed by atoms with E-state index in [1.165, 1.54) is 6.33 Å². The quantitative estimate of drug-likeness (QED) is 0.533. The summed E-state index contributed by atoms with van der Waals surface area (Å²) in [5.74, 6) is 0.316. The van der Waals surface area contributed by atoms with E-state index in [0.717, 1.165) is 38.5 Å². The van der Waals surface area contributed by atoms with E-state index < -0.39 is 24.0 Å². The van der Waals surface area contributed by atoms with Crippen LogP contribution in [0.2, 0.25) is 0 Å². The van der Waals surface area contributed by atoms with Gasteiger partial charge < -0.3 is 20.7 Å². The molecule has 3 rings (SSSR count). The van der Waals surface area contributed by atoms with Crippen molar-refractivity contribution >= 4 is 17.0 Å². The monoisotopic (exact) mass is 391 g/mol. The summed E-state index contributed by atoms with van der Waals surface area (Å²) in [5, 5.41) is 22.2. The summed E-state index contributed by atoms with van der Waals surface area (Å²) in [7, 11) is 0. The molecule has 8 nitrogen and oxygen atoms in total. The summed E-state index contributed by atoms with van der Waals surface area (Å²) in [5.41, 5.74) is 5.92. The maximum atomic E-state index is 11.4. The third-order valence-electron chi connectivity index (χ3n) is 5.72. The fourth-order valence-corrected chi connectivity index (χ4v) is 4.14. The number of nitrogens with zero attached hydrogens (tertiary/aromatic N) is 4. The molecule has 0 amide bonds. The highest BCUT2D eigenvalue weighted by Crippen LogP contribution is 2.43. The van der Waals surface area contributed by atoms with Crippen molar-refractivity contribution < 1.29 is 14.9 Å². The van der Waals surface area contributed by atoms with Gasteiger partial charge >= 0.3 is 0 Å². The van der Waals surface area contributed by atoms with Crippen molar-refractivity contribution in [1.29, 1.82) is 0 Å². The van der Waals surface area contributed by atoms with Crippen molar-refractivity contribution in [2.45, 2.75) is 95.7 Å². The van der Waals surface area contributed by atoms with Gasteiger partial charge in [0, 0.05) is 6.42 Å². The average Bonchev–Trinajstić information content (AvgIpc) is 3.24. The predicted molar refractivity (Wildman–Crippen MR) is 108 cm³/mol. The highest BCUT2D eigenvalue weighted by atomic mass is 16.5. The molecule has 0 spiro atoms. The number of ether oxygens (including phenoxy) is 1. The van der Waals surface area contributed by atoms with Gasteiger partial charge in [0.05, 0.1) is 18.0 Å². The molecule has 1 fully saturated rings. The number of nitrogens with two attached hydrogens (primary N) is 1. The number of aliphatic hydroxyl groups is 2. The minimum atomic E-state index is -1.07. The molecule has 1 aliphatic rings. The third-order valence-corrected chi connectivity index (χ3v) is 5.72. The zero-order valence-corrected chi connectivity index (χ0v) is 16.9. The summed E-state index contributed by atoms with van der Waals surface area (Å²) in [6, 6.07) is 0. The standard InChI is InChI=1S/C20H33N5O3/c1-3-5-7-9-14(26)17-20(27,10-8-6-4-2)11-15(28-17)25-13-24-16-18(21)22-12-23-19(16)25/h12-15,17,26-27H,3-11H2,1-2H3,(H2,21,22,23)/t14?,15-,17-,20+/m1/s1. The Balaban J connectivity index is 1.82. The predicted octanol–water partition coefficient (Wildman–Crippen LogP) is 2.95. The van der Waals surface area contributed by atoms with Crippen LogP contribution in [0.25, 0.3) is 11.2 Å². The smallest absolute Gasteiger partial charge is 0.167 e. The van der Waals surface area contributed by atoms with Crippen LogP contribution in [-0.4, -0.2) is 47.5 Å². The second kappa shape index (κ2) is 9.15. The normalized spacial score (nSPS) is 26.1. The van der Waals surface area contributed by atoms with E-state index in [1.54, 1.807) is 10.9 Å². The molecular weight excluding hydrogens is 358 g/mol. The molecule has 0 radical (unpaired) electrons. The Labute approximate surface area is 166 Å². The van der Waals surface area contributed by atoms with Crippen LogP contribution >= 0.6 is 0 Å². The fourth-order valence-electron chi connectivity index (χ4n) is 4.14. The van der Waals surface area contributed by atoms with Crippen molar-refractivity contribution in [3.63, 3.8) is 0 Å². The van der Waals surface area contributed by atoms with Crippen molar-refractivity contribution in [3.8, 4) is 0 Å². The lowest BCUT2D eigenvalue weighted by atomic mass is 9.85. The molecular formula is C20H33N5O3. The molecule has 1 aliphatic heterocycles. The molecule has 1 saturated heterocycles.